The van der Waals surface area contributed by atoms with Gasteiger partial charge in [0, 0.05) is 27.2 Å². The fourth-order valence-electron chi connectivity index (χ4n) is 4.84. The van der Waals surface area contributed by atoms with Crippen LogP contribution in [0.3, 0.4) is 0 Å². The molecule has 0 fully saturated rings. The fourth-order valence-corrected chi connectivity index (χ4v) is 5.83. The molecule has 0 bridgehead atoms. The average molecular weight is 761 g/mol. The third-order valence-corrected chi connectivity index (χ3v) is 9.44. The Hall–Kier alpha value is -0.500. The molecule has 2 amide bonds. The molecule has 49 heavy (non-hydrogen) atoms. The van der Waals surface area contributed by atoms with E-state index in [0.717, 1.165) is 25.7 Å². The smallest absolute Gasteiger partial charge is 0.748 e. The first-order valence-electron chi connectivity index (χ1n) is 18.4. The minimum absolute atomic E-state index is 0. The molecule has 10 nitrogen and oxygen atoms in total. The normalized spacial score (nSPS) is 11.7. The quantitative estimate of drug-likeness (QED) is 0.0319. The maximum Gasteiger partial charge on any atom is 2.00 e. The van der Waals surface area contributed by atoms with E-state index in [1.807, 2.05) is 12.2 Å². The van der Waals surface area contributed by atoms with Gasteiger partial charge in [0.2, 0.25) is 11.8 Å². The molecule has 0 atom stereocenters. The first-order chi connectivity index (χ1) is 22.7. The molecule has 0 rings (SSSR count). The average Bonchev–Trinajstić information content (AvgIpc) is 3.02. The number of hydrogen-bond donors (Lipinski definition) is 0. The summed E-state index contributed by atoms with van der Waals surface area (Å²) in [5, 5.41) is 0. The molecule has 0 radical (unpaired) electrons. The number of likely N-dealkylation sites (N-methyl/N-ethyl adjacent to an activating group) is 2. The van der Waals surface area contributed by atoms with Crippen molar-refractivity contribution in [3.05, 3.63) is 24.3 Å². The largest absolute Gasteiger partial charge is 2.00 e. The fraction of sp³-hybridized carbons (Fsp3) is 0.833. The van der Waals surface area contributed by atoms with Crippen LogP contribution in [0.1, 0.15) is 155 Å². The van der Waals surface area contributed by atoms with Crippen LogP contribution >= 0.6 is 0 Å². The number of unbranched alkanes of at least 4 members (excludes halogenated alkanes) is 20. The van der Waals surface area contributed by atoms with Crippen LogP contribution in [0.15, 0.2) is 24.3 Å². The summed E-state index contributed by atoms with van der Waals surface area (Å²) in [4.78, 5) is 25.9. The Morgan fingerprint density at radius 2 is 0.735 bits per heavy atom. The summed E-state index contributed by atoms with van der Waals surface area (Å²) in [7, 11) is -5.54. The summed E-state index contributed by atoms with van der Waals surface area (Å²) in [5.41, 5.74) is 0. The zero-order valence-corrected chi connectivity index (χ0v) is 35.2. The molecule has 0 saturated carbocycles. The van der Waals surface area contributed by atoms with Gasteiger partial charge in [-0.2, -0.15) is 0 Å². The maximum atomic E-state index is 11.7. The first-order valence-corrected chi connectivity index (χ1v) is 21.6. The van der Waals surface area contributed by atoms with E-state index in [9.17, 15) is 35.5 Å². The number of amides is 2. The van der Waals surface area contributed by atoms with Gasteiger partial charge in [-0.25, -0.2) is 16.8 Å². The van der Waals surface area contributed by atoms with E-state index >= 15 is 0 Å². The van der Waals surface area contributed by atoms with E-state index in [1.54, 1.807) is 0 Å². The molecule has 0 aromatic heterocycles. The van der Waals surface area contributed by atoms with Crippen LogP contribution in [-0.2, 0) is 29.8 Å². The minimum Gasteiger partial charge on any atom is -0.748 e. The van der Waals surface area contributed by atoms with Gasteiger partial charge < -0.3 is 18.9 Å². The van der Waals surface area contributed by atoms with Crippen molar-refractivity contribution in [2.45, 2.75) is 155 Å². The Bertz CT molecular complexity index is 983. The van der Waals surface area contributed by atoms with E-state index in [-0.39, 0.29) is 62.6 Å². The molecule has 0 aliphatic carbocycles. The summed E-state index contributed by atoms with van der Waals surface area (Å²) in [6, 6.07) is 0. The Labute approximate surface area is 330 Å². The van der Waals surface area contributed by atoms with Crippen molar-refractivity contribution in [3.8, 4) is 0 Å². The Kier molecular flexibility index (Phi) is 38.7. The van der Waals surface area contributed by atoms with Gasteiger partial charge in [0.1, 0.15) is 0 Å². The number of carbonyl (C=O) groups is 2. The van der Waals surface area contributed by atoms with Crippen LogP contribution < -0.4 is 0 Å². The monoisotopic (exact) mass is 760 g/mol. The minimum atomic E-state index is -4.27. The van der Waals surface area contributed by atoms with Crippen LogP contribution in [0.25, 0.3) is 0 Å². The second-order valence-corrected chi connectivity index (χ2v) is 15.8. The first kappa shape index (κ1) is 52.9. The van der Waals surface area contributed by atoms with Gasteiger partial charge in [0.15, 0.2) is 0 Å². The van der Waals surface area contributed by atoms with Crippen molar-refractivity contribution >= 4 is 69.8 Å². The van der Waals surface area contributed by atoms with Crippen molar-refractivity contribution in [1.29, 1.82) is 0 Å². The third-order valence-electron chi connectivity index (χ3n) is 8.08. The number of hydrogen-bond acceptors (Lipinski definition) is 8. The predicted octanol–water partition coefficient (Wildman–Crippen LogP) is 7.33. The van der Waals surface area contributed by atoms with Gasteiger partial charge >= 0.3 is 37.7 Å². The summed E-state index contributed by atoms with van der Waals surface area (Å²) < 4.78 is 63.1. The van der Waals surface area contributed by atoms with Gasteiger partial charge in [0.25, 0.3) is 0 Å². The molecule has 0 saturated heterocycles. The molecular formula is C36H68CaN2O8S2. The van der Waals surface area contributed by atoms with Gasteiger partial charge in [0.05, 0.1) is 31.7 Å². The zero-order valence-electron chi connectivity index (χ0n) is 31.4. The van der Waals surface area contributed by atoms with E-state index < -0.39 is 31.7 Å². The molecule has 13 heteroatoms. The van der Waals surface area contributed by atoms with Gasteiger partial charge in [-0.15, -0.1) is 0 Å². The van der Waals surface area contributed by atoms with Crippen molar-refractivity contribution in [2.75, 3.05) is 38.7 Å². The summed E-state index contributed by atoms with van der Waals surface area (Å²) in [6.07, 6.45) is 34.0. The van der Waals surface area contributed by atoms with Crippen LogP contribution in [0, 0.1) is 0 Å². The van der Waals surface area contributed by atoms with Gasteiger partial charge in [-0.3, -0.25) is 9.59 Å². The molecule has 284 valence electrons. The third kappa shape index (κ3) is 43.6. The predicted molar refractivity (Wildman–Crippen MR) is 201 cm³/mol. The second-order valence-electron chi connectivity index (χ2n) is 12.8. The molecule has 0 aromatic rings. The van der Waals surface area contributed by atoms with Crippen molar-refractivity contribution in [1.82, 2.24) is 9.80 Å². The van der Waals surface area contributed by atoms with Crippen LogP contribution in [0.2, 0.25) is 0 Å². The van der Waals surface area contributed by atoms with Crippen LogP contribution in [0.4, 0.5) is 0 Å². The molecule has 0 heterocycles. The Morgan fingerprint density at radius 3 is 0.980 bits per heavy atom. The van der Waals surface area contributed by atoms with Crippen LogP contribution in [0.5, 0.6) is 0 Å². The topological polar surface area (TPSA) is 155 Å². The summed E-state index contributed by atoms with van der Waals surface area (Å²) >= 11 is 0. The van der Waals surface area contributed by atoms with E-state index in [4.69, 9.17) is 0 Å². The standard InChI is InChI=1S/2C18H35NO4S.Ca/c2*1-3-4-5-6-7-8-9-10-11-12-13-14-15-18(20)19(2)16-17-24(21,22)23;/h2*14-15H,3-13,16-17H2,1-2H3,(H,21,22,23);/q;;+2/p-2/b2*15-14+;. The summed E-state index contributed by atoms with van der Waals surface area (Å²) in [6.45, 7) is 4.34. The summed E-state index contributed by atoms with van der Waals surface area (Å²) in [5.74, 6) is -1.60. The molecule has 0 aromatic carbocycles. The molecule has 0 spiro atoms. The SMILES string of the molecule is CCCCCCCCCCCC/C=C/C(=O)N(C)CCS(=O)(=O)[O-].CCCCCCCCCCCC/C=C/C(=O)N(C)CCS(=O)(=O)[O-].[Ca+2]. The molecule has 0 N–H and O–H groups in total. The number of nitrogens with zero attached hydrogens (tertiary/aromatic N) is 2. The molecule has 0 aliphatic heterocycles. The van der Waals surface area contributed by atoms with Crippen molar-refractivity contribution < 1.29 is 35.5 Å². The molecule has 0 unspecified atom stereocenters. The van der Waals surface area contributed by atoms with Gasteiger partial charge in [-0.1, -0.05) is 142 Å². The van der Waals surface area contributed by atoms with E-state index in [1.165, 1.54) is 152 Å². The van der Waals surface area contributed by atoms with Crippen molar-refractivity contribution in [3.63, 3.8) is 0 Å². The van der Waals surface area contributed by atoms with Gasteiger partial charge in [-0.05, 0) is 37.8 Å². The second kappa shape index (κ2) is 35.9. The van der Waals surface area contributed by atoms with Crippen molar-refractivity contribution in [2.24, 2.45) is 0 Å². The molecular weight excluding hydrogens is 693 g/mol. The van der Waals surface area contributed by atoms with Crippen LogP contribution in [-0.4, -0.2) is 124 Å². The number of allylic oxidation sites excluding steroid dienone is 2. The van der Waals surface area contributed by atoms with E-state index in [2.05, 4.69) is 13.8 Å². The Morgan fingerprint density at radius 1 is 0.490 bits per heavy atom. The number of carbonyl (C=O) groups excluding carboxylic acids is 2. The molecule has 0 aliphatic rings. The maximum absolute atomic E-state index is 11.7. The zero-order chi connectivity index (χ0) is 36.5. The number of rotatable bonds is 30. The van der Waals surface area contributed by atoms with E-state index in [0.29, 0.717) is 0 Å². The Balaban J connectivity index is -0.000000846.